The van der Waals surface area contributed by atoms with Gasteiger partial charge in [0.1, 0.15) is 17.3 Å². The fourth-order valence-electron chi connectivity index (χ4n) is 3.55. The minimum Gasteiger partial charge on any atom is -0.300 e. The number of carbonyl (C=O) groups is 3. The number of fused-ring (bicyclic) bond motifs is 1. The number of nitrogens with zero attached hydrogens (tertiary/aromatic N) is 4. The number of Topliss-reactive ketones (excluding diaryl/α,β-unsaturated/α-hetero) is 1. The number of thiazole rings is 1. The lowest BCUT2D eigenvalue weighted by molar-refractivity contribution is -0.136. The summed E-state index contributed by atoms with van der Waals surface area (Å²) in [6, 6.07) is 14.8. The van der Waals surface area contributed by atoms with Crippen LogP contribution in [0.2, 0.25) is 0 Å². The van der Waals surface area contributed by atoms with Crippen LogP contribution in [0.15, 0.2) is 47.6 Å². The lowest BCUT2D eigenvalue weighted by atomic mass is 9.92. The Balaban J connectivity index is 1.78. The smallest absolute Gasteiger partial charge is 0.295 e. The molecule has 1 aliphatic rings. The highest BCUT2D eigenvalue weighted by Gasteiger charge is 2.43. The summed E-state index contributed by atoms with van der Waals surface area (Å²) in [5.41, 5.74) is 5.74. The van der Waals surface area contributed by atoms with E-state index in [9.17, 15) is 14.4 Å². The topological polar surface area (TPSA) is 116 Å². The summed E-state index contributed by atoms with van der Waals surface area (Å²) in [4.78, 5) is 44.2. The highest BCUT2D eigenvalue weighted by atomic mass is 32.1. The van der Waals surface area contributed by atoms with Gasteiger partial charge in [0.15, 0.2) is 0 Å². The summed E-state index contributed by atoms with van der Waals surface area (Å²) in [5, 5.41) is 13.3. The average Bonchev–Trinajstić information content (AvgIpc) is 3.20. The fourth-order valence-corrected chi connectivity index (χ4v) is 4.65. The van der Waals surface area contributed by atoms with Gasteiger partial charge in [-0.15, -0.1) is 11.3 Å². The van der Waals surface area contributed by atoms with Gasteiger partial charge >= 0.3 is 0 Å². The van der Waals surface area contributed by atoms with E-state index in [-0.39, 0.29) is 13.0 Å². The first-order chi connectivity index (χ1) is 15.4. The van der Waals surface area contributed by atoms with Crippen molar-refractivity contribution in [1.29, 1.82) is 5.26 Å². The van der Waals surface area contributed by atoms with Crippen LogP contribution in [0.5, 0.6) is 0 Å². The molecule has 8 nitrogen and oxygen atoms in total. The summed E-state index contributed by atoms with van der Waals surface area (Å²) in [6.45, 7) is 3.78. The van der Waals surface area contributed by atoms with Crippen LogP contribution in [0.25, 0.3) is 10.2 Å². The van der Waals surface area contributed by atoms with Gasteiger partial charge in [0.2, 0.25) is 5.78 Å². The third kappa shape index (κ3) is 4.00. The van der Waals surface area contributed by atoms with Crippen LogP contribution >= 0.6 is 11.3 Å². The summed E-state index contributed by atoms with van der Waals surface area (Å²) in [5.74, 6) is -2.90. The summed E-state index contributed by atoms with van der Waals surface area (Å²) < 4.78 is 0.882. The van der Waals surface area contributed by atoms with Crippen molar-refractivity contribution in [2.24, 2.45) is 5.10 Å². The number of aromatic nitrogens is 1. The Kier molecular flexibility index (Phi) is 5.79. The number of amides is 2. The average molecular weight is 446 g/mol. The van der Waals surface area contributed by atoms with Gasteiger partial charge in [0.05, 0.1) is 28.5 Å². The summed E-state index contributed by atoms with van der Waals surface area (Å²) >= 11 is 1.31. The number of carbonyl (C=O) groups excluding carboxylic acids is 3. The minimum atomic E-state index is -0.997. The van der Waals surface area contributed by atoms with Crippen LogP contribution in [0, 0.1) is 25.2 Å². The predicted octanol–water partition coefficient (Wildman–Crippen LogP) is 3.00. The molecule has 0 bridgehead atoms. The van der Waals surface area contributed by atoms with Gasteiger partial charge in [-0.3, -0.25) is 19.3 Å². The van der Waals surface area contributed by atoms with Gasteiger partial charge in [0.25, 0.3) is 11.8 Å². The van der Waals surface area contributed by atoms with E-state index in [1.54, 1.807) is 6.07 Å². The van der Waals surface area contributed by atoms with Gasteiger partial charge < -0.3 is 0 Å². The third-order valence-electron chi connectivity index (χ3n) is 5.15. The molecule has 0 unspecified atom stereocenters. The van der Waals surface area contributed by atoms with E-state index >= 15 is 0 Å². The van der Waals surface area contributed by atoms with Gasteiger partial charge in [-0.2, -0.15) is 10.4 Å². The van der Waals surface area contributed by atoms with Crippen LogP contribution < -0.4 is 10.3 Å². The number of nitriles is 1. The van der Waals surface area contributed by atoms with Crippen molar-refractivity contribution in [3.8, 4) is 6.07 Å². The second kappa shape index (κ2) is 8.69. The molecule has 32 heavy (non-hydrogen) atoms. The Morgan fingerprint density at radius 3 is 2.81 bits per heavy atom. The van der Waals surface area contributed by atoms with Crippen molar-refractivity contribution in [2.75, 3.05) is 11.4 Å². The van der Waals surface area contributed by atoms with Gasteiger partial charge in [-0.1, -0.05) is 24.3 Å². The number of para-hydroxylation sites is 1. The Hall–Kier alpha value is -3.90. The van der Waals surface area contributed by atoms with E-state index < -0.39 is 23.5 Å². The van der Waals surface area contributed by atoms with E-state index in [1.165, 1.54) is 16.2 Å². The van der Waals surface area contributed by atoms with Crippen molar-refractivity contribution in [2.45, 2.75) is 26.2 Å². The predicted molar refractivity (Wildman–Crippen MR) is 121 cm³/mol. The first kappa shape index (κ1) is 21.3. The van der Waals surface area contributed by atoms with Gasteiger partial charge in [-0.25, -0.2) is 10.4 Å². The standard InChI is InChI=1S/C23H19N5O3S/c1-13-7-8-14(2)17(11-13)28-12-16(26-27-19(29)9-10-24)20(21(30)23(28)31)22-25-15-5-3-4-6-18(15)32-22/h3-8,11,20H,9,12H2,1-2H3,(H,27,29)/b26-16+/t20-/m1/s1. The molecule has 2 aromatic carbocycles. The van der Waals surface area contributed by atoms with Crippen molar-refractivity contribution >= 4 is 50.6 Å². The molecular weight excluding hydrogens is 426 g/mol. The highest BCUT2D eigenvalue weighted by Crippen LogP contribution is 2.34. The normalized spacial score (nSPS) is 17.6. The van der Waals surface area contributed by atoms with Crippen molar-refractivity contribution in [1.82, 2.24) is 10.4 Å². The maximum Gasteiger partial charge on any atom is 0.295 e. The fraction of sp³-hybridized carbons (Fsp3) is 0.217. The number of nitrogens with one attached hydrogen (secondary N) is 1. The molecule has 0 radical (unpaired) electrons. The number of hydrazone groups is 1. The lowest BCUT2D eigenvalue weighted by Crippen LogP contribution is -2.51. The zero-order chi connectivity index (χ0) is 22.8. The molecule has 1 N–H and O–H groups in total. The minimum absolute atomic E-state index is 0.0162. The molecule has 2 amide bonds. The first-order valence-corrected chi connectivity index (χ1v) is 10.7. The molecule has 1 aromatic heterocycles. The number of anilines is 1. The molecule has 1 atom stereocenters. The molecular formula is C23H19N5O3S. The number of ketones is 1. The van der Waals surface area contributed by atoms with E-state index in [0.717, 1.165) is 21.3 Å². The molecule has 4 rings (SSSR count). The number of rotatable bonds is 4. The number of benzene rings is 2. The SMILES string of the molecule is Cc1ccc(C)c(N2C/C(=N\NC(=O)CC#N)[C@@H](c3nc4ccccc4s3)C(=O)C2=O)c1. The third-order valence-corrected chi connectivity index (χ3v) is 6.25. The Bertz CT molecular complexity index is 1290. The van der Waals surface area contributed by atoms with Crippen LogP contribution in [-0.2, 0) is 14.4 Å². The number of piperidine rings is 1. The van der Waals surface area contributed by atoms with Crippen LogP contribution in [0.3, 0.4) is 0 Å². The number of hydrogen-bond donors (Lipinski definition) is 1. The Morgan fingerprint density at radius 1 is 1.28 bits per heavy atom. The molecule has 3 aromatic rings. The highest BCUT2D eigenvalue weighted by molar-refractivity contribution is 7.19. The Labute approximate surface area is 188 Å². The molecule has 1 fully saturated rings. The van der Waals surface area contributed by atoms with E-state index in [4.69, 9.17) is 5.26 Å². The Morgan fingerprint density at radius 2 is 2.06 bits per heavy atom. The number of hydrogen-bond acceptors (Lipinski definition) is 7. The summed E-state index contributed by atoms with van der Waals surface area (Å²) in [6.07, 6.45) is -0.365. The zero-order valence-corrected chi connectivity index (χ0v) is 18.3. The molecule has 160 valence electrons. The maximum absolute atomic E-state index is 13.3. The van der Waals surface area contributed by atoms with Crippen molar-refractivity contribution in [3.63, 3.8) is 0 Å². The number of aryl methyl sites for hydroxylation is 2. The summed E-state index contributed by atoms with van der Waals surface area (Å²) in [7, 11) is 0. The second-order valence-corrected chi connectivity index (χ2v) is 8.53. The maximum atomic E-state index is 13.3. The molecule has 9 heteroatoms. The van der Waals surface area contributed by atoms with Crippen LogP contribution in [0.1, 0.15) is 28.5 Å². The second-order valence-electron chi connectivity index (χ2n) is 7.47. The van der Waals surface area contributed by atoms with Crippen LogP contribution in [0.4, 0.5) is 5.69 Å². The van der Waals surface area contributed by atoms with E-state index in [2.05, 4.69) is 15.5 Å². The van der Waals surface area contributed by atoms with Crippen molar-refractivity contribution < 1.29 is 14.4 Å². The molecule has 0 spiro atoms. The van der Waals surface area contributed by atoms with Gasteiger partial charge in [0, 0.05) is 5.69 Å². The largest absolute Gasteiger partial charge is 0.300 e. The lowest BCUT2D eigenvalue weighted by Gasteiger charge is -2.32. The van der Waals surface area contributed by atoms with Crippen molar-refractivity contribution in [3.05, 3.63) is 58.6 Å². The molecule has 0 aliphatic carbocycles. The molecule has 2 heterocycles. The van der Waals surface area contributed by atoms with Crippen LogP contribution in [-0.4, -0.2) is 34.8 Å². The monoisotopic (exact) mass is 445 g/mol. The zero-order valence-electron chi connectivity index (χ0n) is 17.5. The molecule has 1 saturated heterocycles. The van der Waals surface area contributed by atoms with Gasteiger partial charge in [-0.05, 0) is 43.2 Å². The first-order valence-electron chi connectivity index (χ1n) is 9.89. The molecule has 1 aliphatic heterocycles. The quantitative estimate of drug-likeness (QED) is 0.490. The van der Waals surface area contributed by atoms with E-state index in [1.807, 2.05) is 56.3 Å². The van der Waals surface area contributed by atoms with E-state index in [0.29, 0.717) is 16.4 Å². The molecule has 0 saturated carbocycles.